The zero-order valence-electron chi connectivity index (χ0n) is 8.96. The van der Waals surface area contributed by atoms with Gasteiger partial charge in [-0.1, -0.05) is 30.3 Å². The van der Waals surface area contributed by atoms with Gasteiger partial charge in [-0.25, -0.2) is 4.79 Å². The molecular weight excluding hydrogens is 220 g/mol. The molecule has 87 valence electrons. The summed E-state index contributed by atoms with van der Waals surface area (Å²) in [6, 6.07) is 8.54. The fourth-order valence-electron chi connectivity index (χ4n) is 1.48. The summed E-state index contributed by atoms with van der Waals surface area (Å²) in [6.45, 7) is 0.239. The van der Waals surface area contributed by atoms with E-state index in [9.17, 15) is 9.59 Å². The van der Waals surface area contributed by atoms with E-state index in [2.05, 4.69) is 5.32 Å². The van der Waals surface area contributed by atoms with Crippen molar-refractivity contribution in [3.8, 4) is 0 Å². The van der Waals surface area contributed by atoms with E-state index in [0.717, 1.165) is 5.56 Å². The molecule has 2 rings (SSSR count). The van der Waals surface area contributed by atoms with Crippen LogP contribution in [0.4, 0.5) is 4.79 Å². The number of amides is 3. The predicted octanol–water partition coefficient (Wildman–Crippen LogP) is -0.160. The lowest BCUT2D eigenvalue weighted by Gasteiger charge is -2.26. The van der Waals surface area contributed by atoms with Crippen LogP contribution in [0.2, 0.25) is 0 Å². The summed E-state index contributed by atoms with van der Waals surface area (Å²) in [5.74, 6) is -0.823. The Morgan fingerprint density at radius 2 is 1.76 bits per heavy atom. The number of hydrogen-bond donors (Lipinski definition) is 2. The molecule has 1 aliphatic rings. The molecule has 0 saturated carbocycles. The highest BCUT2D eigenvalue weighted by Gasteiger charge is 2.30. The van der Waals surface area contributed by atoms with E-state index in [1.807, 2.05) is 30.3 Å². The van der Waals surface area contributed by atoms with Gasteiger partial charge < -0.3 is 11.5 Å². The van der Waals surface area contributed by atoms with Crippen molar-refractivity contribution < 1.29 is 9.59 Å². The maximum atomic E-state index is 11.5. The van der Waals surface area contributed by atoms with Gasteiger partial charge >= 0.3 is 11.9 Å². The SMILES string of the molecule is NC1=C(N)N(Cc2ccccc2)C(=O)[N]C1=O. The third kappa shape index (κ3) is 2.05. The van der Waals surface area contributed by atoms with Crippen LogP contribution in [0, 0.1) is 0 Å². The summed E-state index contributed by atoms with van der Waals surface area (Å²) in [7, 11) is 0. The summed E-state index contributed by atoms with van der Waals surface area (Å²) in [5, 5.41) is 3.28. The molecule has 1 aromatic rings. The molecule has 0 unspecified atom stereocenters. The number of rotatable bonds is 2. The molecule has 0 fully saturated rings. The Morgan fingerprint density at radius 1 is 1.12 bits per heavy atom. The van der Waals surface area contributed by atoms with Crippen molar-refractivity contribution in [3.63, 3.8) is 0 Å². The largest absolute Gasteiger partial charge is 0.391 e. The van der Waals surface area contributed by atoms with Crippen LogP contribution in [0.1, 0.15) is 5.56 Å². The van der Waals surface area contributed by atoms with Crippen molar-refractivity contribution >= 4 is 11.9 Å². The van der Waals surface area contributed by atoms with Crippen LogP contribution in [0.15, 0.2) is 41.8 Å². The third-order valence-electron chi connectivity index (χ3n) is 2.41. The maximum absolute atomic E-state index is 11.5. The highest BCUT2D eigenvalue weighted by atomic mass is 16.2. The summed E-state index contributed by atoms with van der Waals surface area (Å²) in [4.78, 5) is 23.8. The quantitative estimate of drug-likeness (QED) is 0.737. The first kappa shape index (κ1) is 11.0. The standard InChI is InChI=1S/C11H11N4O2/c12-8-9(13)15(11(17)14-10(8)16)6-7-4-2-1-3-5-7/h1-5H,6,12-13H2. The second kappa shape index (κ2) is 4.17. The third-order valence-corrected chi connectivity index (χ3v) is 2.41. The van der Waals surface area contributed by atoms with E-state index in [1.165, 1.54) is 4.90 Å². The Kier molecular flexibility index (Phi) is 2.70. The van der Waals surface area contributed by atoms with Gasteiger partial charge in [0.1, 0.15) is 11.5 Å². The highest BCUT2D eigenvalue weighted by molar-refractivity contribution is 6.06. The van der Waals surface area contributed by atoms with Crippen molar-refractivity contribution in [3.05, 3.63) is 47.4 Å². The molecule has 0 aliphatic carbocycles. The molecule has 1 aromatic carbocycles. The Labute approximate surface area is 97.9 Å². The van der Waals surface area contributed by atoms with Crippen molar-refractivity contribution in [2.24, 2.45) is 11.5 Å². The van der Waals surface area contributed by atoms with Crippen molar-refractivity contribution in [2.45, 2.75) is 6.54 Å². The van der Waals surface area contributed by atoms with Crippen molar-refractivity contribution in [1.29, 1.82) is 0 Å². The molecule has 0 saturated heterocycles. The van der Waals surface area contributed by atoms with E-state index < -0.39 is 11.9 Å². The van der Waals surface area contributed by atoms with E-state index in [-0.39, 0.29) is 18.1 Å². The second-order valence-electron chi connectivity index (χ2n) is 3.57. The first-order chi connectivity index (χ1) is 8.09. The molecule has 4 N–H and O–H groups in total. The first-order valence-corrected chi connectivity index (χ1v) is 4.96. The van der Waals surface area contributed by atoms with Crippen LogP contribution in [-0.4, -0.2) is 16.8 Å². The van der Waals surface area contributed by atoms with Crippen LogP contribution < -0.4 is 16.8 Å². The van der Waals surface area contributed by atoms with Gasteiger partial charge in [0.25, 0.3) is 0 Å². The smallest absolute Gasteiger partial charge is 0.353 e. The van der Waals surface area contributed by atoms with Crippen LogP contribution in [-0.2, 0) is 11.3 Å². The normalized spacial score (nSPS) is 16.1. The Balaban J connectivity index is 2.27. The van der Waals surface area contributed by atoms with Crippen LogP contribution in [0.3, 0.4) is 0 Å². The number of nitrogens with two attached hydrogens (primary N) is 2. The molecule has 0 atom stereocenters. The number of benzene rings is 1. The zero-order valence-corrected chi connectivity index (χ0v) is 8.96. The van der Waals surface area contributed by atoms with Crippen molar-refractivity contribution in [2.75, 3.05) is 0 Å². The van der Waals surface area contributed by atoms with Crippen molar-refractivity contribution in [1.82, 2.24) is 10.2 Å². The highest BCUT2D eigenvalue weighted by Crippen LogP contribution is 2.13. The lowest BCUT2D eigenvalue weighted by atomic mass is 10.2. The minimum atomic E-state index is -0.781. The van der Waals surface area contributed by atoms with Crippen LogP contribution >= 0.6 is 0 Å². The number of imide groups is 1. The summed E-state index contributed by atoms with van der Waals surface area (Å²) < 4.78 is 0. The van der Waals surface area contributed by atoms with Gasteiger partial charge in [0.2, 0.25) is 0 Å². The number of nitrogens with zero attached hydrogens (tertiary/aromatic N) is 2. The maximum Gasteiger partial charge on any atom is 0.353 e. The molecule has 1 heterocycles. The fourth-order valence-corrected chi connectivity index (χ4v) is 1.48. The second-order valence-corrected chi connectivity index (χ2v) is 3.57. The lowest BCUT2D eigenvalue weighted by Crippen LogP contribution is -2.48. The molecule has 0 aromatic heterocycles. The monoisotopic (exact) mass is 231 g/mol. The summed E-state index contributed by atoms with van der Waals surface area (Å²) >= 11 is 0. The average Bonchev–Trinajstić information content (AvgIpc) is 2.33. The number of urea groups is 1. The van der Waals surface area contributed by atoms with Crippen LogP contribution in [0.25, 0.3) is 0 Å². The van der Waals surface area contributed by atoms with Gasteiger partial charge in [-0.2, -0.15) is 5.32 Å². The summed E-state index contributed by atoms with van der Waals surface area (Å²) in [6.07, 6.45) is 0. The molecule has 3 amide bonds. The number of hydrogen-bond acceptors (Lipinski definition) is 4. The predicted molar refractivity (Wildman–Crippen MR) is 59.9 cm³/mol. The molecule has 1 radical (unpaired) electrons. The lowest BCUT2D eigenvalue weighted by molar-refractivity contribution is -0.117. The molecule has 6 heteroatoms. The van der Waals surface area contributed by atoms with Gasteiger partial charge in [0.15, 0.2) is 0 Å². The Hall–Kier alpha value is -2.50. The van der Waals surface area contributed by atoms with Gasteiger partial charge in [0.05, 0.1) is 6.54 Å². The minimum absolute atomic E-state index is 0.0427. The van der Waals surface area contributed by atoms with E-state index in [0.29, 0.717) is 0 Å². The molecule has 17 heavy (non-hydrogen) atoms. The molecule has 0 spiro atoms. The molecule has 6 nitrogen and oxygen atoms in total. The van der Waals surface area contributed by atoms with Gasteiger partial charge in [-0.15, -0.1) is 0 Å². The summed E-state index contributed by atoms with van der Waals surface area (Å²) in [5.41, 5.74) is 11.8. The fraction of sp³-hybridized carbons (Fsp3) is 0.0909. The average molecular weight is 231 g/mol. The minimum Gasteiger partial charge on any atom is -0.391 e. The Morgan fingerprint density at radius 3 is 2.41 bits per heavy atom. The number of carbonyl (C=O) groups excluding carboxylic acids is 2. The zero-order chi connectivity index (χ0) is 12.4. The molecule has 0 bridgehead atoms. The van der Waals surface area contributed by atoms with E-state index >= 15 is 0 Å². The van der Waals surface area contributed by atoms with Gasteiger partial charge in [-0.3, -0.25) is 9.69 Å². The van der Waals surface area contributed by atoms with Gasteiger partial charge in [-0.05, 0) is 5.56 Å². The van der Waals surface area contributed by atoms with Crippen LogP contribution in [0.5, 0.6) is 0 Å². The topological polar surface area (TPSA) is 104 Å². The first-order valence-electron chi connectivity index (χ1n) is 4.96. The molecular formula is C11H11N4O2. The number of carbonyl (C=O) groups is 2. The van der Waals surface area contributed by atoms with E-state index in [1.54, 1.807) is 0 Å². The van der Waals surface area contributed by atoms with Gasteiger partial charge in [0, 0.05) is 0 Å². The Bertz CT molecular complexity index is 495. The molecule has 1 aliphatic heterocycles. The van der Waals surface area contributed by atoms with E-state index in [4.69, 9.17) is 11.5 Å².